The lowest BCUT2D eigenvalue weighted by Crippen LogP contribution is -2.07. The van der Waals surface area contributed by atoms with E-state index < -0.39 is 0 Å². The van der Waals surface area contributed by atoms with E-state index in [1.807, 2.05) is 25.9 Å². The Bertz CT molecular complexity index is 490. The van der Waals surface area contributed by atoms with E-state index in [4.69, 9.17) is 10.00 Å². The van der Waals surface area contributed by atoms with Gasteiger partial charge >= 0.3 is 0 Å². The molecule has 1 rings (SSSR count). The van der Waals surface area contributed by atoms with Crippen LogP contribution in [0.3, 0.4) is 0 Å². The fourth-order valence-corrected chi connectivity index (χ4v) is 2.09. The highest BCUT2D eigenvalue weighted by atomic mass is 79.9. The van der Waals surface area contributed by atoms with Crippen LogP contribution in [0.1, 0.15) is 11.1 Å². The Morgan fingerprint density at radius 2 is 2.18 bits per heavy atom. The van der Waals surface area contributed by atoms with Gasteiger partial charge in [0.05, 0.1) is 29.2 Å². The topological polar surface area (TPSA) is 48.6 Å². The molecule has 0 aliphatic heterocycles. The van der Waals surface area contributed by atoms with Gasteiger partial charge in [-0.2, -0.15) is 5.26 Å². The van der Waals surface area contributed by atoms with Crippen LogP contribution in [-0.2, 0) is 0 Å². The number of methoxy groups -OCH3 is 1. The lowest BCUT2D eigenvalue weighted by molar-refractivity contribution is 0.409. The molecular formula is C12H14BrN3O. The van der Waals surface area contributed by atoms with Crippen molar-refractivity contribution < 1.29 is 4.74 Å². The van der Waals surface area contributed by atoms with E-state index in [-0.39, 0.29) is 0 Å². The zero-order chi connectivity index (χ0) is 13.0. The van der Waals surface area contributed by atoms with Crippen LogP contribution < -0.4 is 4.74 Å². The van der Waals surface area contributed by atoms with Crippen LogP contribution in [0.15, 0.2) is 15.5 Å². The van der Waals surface area contributed by atoms with Gasteiger partial charge in [-0.1, -0.05) is 0 Å². The van der Waals surface area contributed by atoms with Gasteiger partial charge in [0.25, 0.3) is 0 Å². The summed E-state index contributed by atoms with van der Waals surface area (Å²) in [4.78, 5) is 6.08. The molecule has 0 bridgehead atoms. The standard InChI is InChI=1S/C12H14BrN3O/c1-8-9(6-14)11(15-7-16(2)3)5-10(13)12(8)17-4/h5,7H,1-4H3/b15-7+. The first kappa shape index (κ1) is 13.5. The zero-order valence-electron chi connectivity index (χ0n) is 10.3. The van der Waals surface area contributed by atoms with Crippen molar-refractivity contribution in [2.75, 3.05) is 21.2 Å². The molecule has 17 heavy (non-hydrogen) atoms. The van der Waals surface area contributed by atoms with Gasteiger partial charge in [-0.15, -0.1) is 0 Å². The van der Waals surface area contributed by atoms with Crippen LogP contribution in [0, 0.1) is 18.3 Å². The maximum absolute atomic E-state index is 9.17. The molecule has 5 heteroatoms. The molecule has 0 aromatic heterocycles. The average Bonchev–Trinajstić information content (AvgIpc) is 2.26. The SMILES string of the molecule is COc1c(Br)cc(/N=C/N(C)C)c(C#N)c1C. The van der Waals surface area contributed by atoms with E-state index >= 15 is 0 Å². The number of benzene rings is 1. The molecule has 0 aliphatic rings. The predicted molar refractivity (Wildman–Crippen MR) is 72.0 cm³/mol. The van der Waals surface area contributed by atoms with Crippen molar-refractivity contribution in [2.24, 2.45) is 4.99 Å². The van der Waals surface area contributed by atoms with Crippen LogP contribution in [0.4, 0.5) is 5.69 Å². The van der Waals surface area contributed by atoms with Crippen molar-refractivity contribution in [3.63, 3.8) is 0 Å². The molecule has 0 atom stereocenters. The molecule has 90 valence electrons. The second kappa shape index (κ2) is 5.69. The number of halogens is 1. The quantitative estimate of drug-likeness (QED) is 0.636. The minimum atomic E-state index is 0.531. The van der Waals surface area contributed by atoms with Crippen LogP contribution >= 0.6 is 15.9 Å². The molecule has 0 amide bonds. The number of nitriles is 1. The summed E-state index contributed by atoms with van der Waals surface area (Å²) in [5.41, 5.74) is 1.95. The second-order valence-electron chi connectivity index (χ2n) is 3.73. The van der Waals surface area contributed by atoms with Crippen molar-refractivity contribution >= 4 is 28.0 Å². The van der Waals surface area contributed by atoms with Crippen molar-refractivity contribution in [3.8, 4) is 11.8 Å². The summed E-state index contributed by atoms with van der Waals surface area (Å²) in [7, 11) is 5.33. The summed E-state index contributed by atoms with van der Waals surface area (Å²) in [5, 5.41) is 9.17. The van der Waals surface area contributed by atoms with E-state index in [0.717, 1.165) is 10.0 Å². The largest absolute Gasteiger partial charge is 0.495 e. The normalized spacial score (nSPS) is 10.4. The molecule has 0 fully saturated rings. The van der Waals surface area contributed by atoms with Crippen LogP contribution in [0.25, 0.3) is 0 Å². The summed E-state index contributed by atoms with van der Waals surface area (Å²) in [6, 6.07) is 3.94. The van der Waals surface area contributed by atoms with E-state index in [9.17, 15) is 0 Å². The van der Waals surface area contributed by atoms with E-state index in [2.05, 4.69) is 27.0 Å². The third kappa shape index (κ3) is 2.98. The highest BCUT2D eigenvalue weighted by molar-refractivity contribution is 9.10. The van der Waals surface area contributed by atoms with E-state index in [1.165, 1.54) is 0 Å². The van der Waals surface area contributed by atoms with Gasteiger partial charge in [-0.25, -0.2) is 4.99 Å². The molecule has 0 unspecified atom stereocenters. The number of hydrogen-bond acceptors (Lipinski definition) is 3. The minimum Gasteiger partial charge on any atom is -0.495 e. The zero-order valence-corrected chi connectivity index (χ0v) is 11.9. The van der Waals surface area contributed by atoms with Crippen LogP contribution in [0.2, 0.25) is 0 Å². The first-order valence-corrected chi connectivity index (χ1v) is 5.78. The molecule has 1 aromatic carbocycles. The highest BCUT2D eigenvalue weighted by Crippen LogP contribution is 2.36. The Labute approximate surface area is 110 Å². The molecule has 0 radical (unpaired) electrons. The van der Waals surface area contributed by atoms with Gasteiger partial charge in [0.1, 0.15) is 11.8 Å². The molecule has 0 saturated heterocycles. The second-order valence-corrected chi connectivity index (χ2v) is 4.59. The molecule has 0 heterocycles. The Balaban J connectivity index is 3.38. The fourth-order valence-electron chi connectivity index (χ4n) is 1.41. The van der Waals surface area contributed by atoms with Crippen LogP contribution in [0.5, 0.6) is 5.75 Å². The molecular weight excluding hydrogens is 282 g/mol. The van der Waals surface area contributed by atoms with Crippen molar-refractivity contribution in [2.45, 2.75) is 6.92 Å². The van der Waals surface area contributed by atoms with Gasteiger partial charge in [0, 0.05) is 19.7 Å². The number of ether oxygens (including phenoxy) is 1. The Hall–Kier alpha value is -1.54. The van der Waals surface area contributed by atoms with Crippen molar-refractivity contribution in [1.29, 1.82) is 5.26 Å². The lowest BCUT2D eigenvalue weighted by atomic mass is 10.1. The molecule has 0 aliphatic carbocycles. The van der Waals surface area contributed by atoms with Gasteiger partial charge < -0.3 is 9.64 Å². The van der Waals surface area contributed by atoms with E-state index in [1.54, 1.807) is 19.5 Å². The van der Waals surface area contributed by atoms with Crippen LogP contribution in [-0.4, -0.2) is 32.4 Å². The minimum absolute atomic E-state index is 0.531. The number of nitrogens with zero attached hydrogens (tertiary/aromatic N) is 3. The van der Waals surface area contributed by atoms with Crippen molar-refractivity contribution in [3.05, 3.63) is 21.7 Å². The maximum atomic E-state index is 9.17. The monoisotopic (exact) mass is 295 g/mol. The van der Waals surface area contributed by atoms with Gasteiger partial charge in [0.15, 0.2) is 0 Å². The smallest absolute Gasteiger partial charge is 0.137 e. The summed E-state index contributed by atoms with van der Waals surface area (Å²) in [6.07, 6.45) is 1.66. The Morgan fingerprint density at radius 3 is 2.65 bits per heavy atom. The highest BCUT2D eigenvalue weighted by Gasteiger charge is 2.13. The van der Waals surface area contributed by atoms with Gasteiger partial charge in [0.2, 0.25) is 0 Å². The molecule has 0 saturated carbocycles. The van der Waals surface area contributed by atoms with Crippen molar-refractivity contribution in [1.82, 2.24) is 4.90 Å². The summed E-state index contributed by atoms with van der Waals surface area (Å²) in [5.74, 6) is 0.672. The number of aliphatic imine (C=N–C) groups is 1. The maximum Gasteiger partial charge on any atom is 0.137 e. The molecule has 4 nitrogen and oxygen atoms in total. The first-order chi connectivity index (χ1) is 8.01. The molecule has 1 aromatic rings. The summed E-state index contributed by atoms with van der Waals surface area (Å²) < 4.78 is 6.03. The summed E-state index contributed by atoms with van der Waals surface area (Å²) in [6.45, 7) is 1.84. The third-order valence-corrected chi connectivity index (χ3v) is 2.78. The summed E-state index contributed by atoms with van der Waals surface area (Å²) >= 11 is 3.41. The average molecular weight is 296 g/mol. The number of hydrogen-bond donors (Lipinski definition) is 0. The van der Waals surface area contributed by atoms with E-state index in [0.29, 0.717) is 17.0 Å². The predicted octanol–water partition coefficient (Wildman–Crippen LogP) is 2.86. The molecule has 0 N–H and O–H groups in total. The third-order valence-electron chi connectivity index (χ3n) is 2.20. The van der Waals surface area contributed by atoms with Gasteiger partial charge in [-0.05, 0) is 28.9 Å². The fraction of sp³-hybridized carbons (Fsp3) is 0.333. The Kier molecular flexibility index (Phi) is 4.53. The molecule has 0 spiro atoms. The number of rotatable bonds is 3. The lowest BCUT2D eigenvalue weighted by Gasteiger charge is -2.11. The Morgan fingerprint density at radius 1 is 1.53 bits per heavy atom. The van der Waals surface area contributed by atoms with Gasteiger partial charge in [-0.3, -0.25) is 0 Å². The first-order valence-electron chi connectivity index (χ1n) is 4.99.